The molecule has 1 aromatic rings. The van der Waals surface area contributed by atoms with E-state index in [0.29, 0.717) is 5.41 Å². The molecule has 1 aliphatic heterocycles. The van der Waals surface area contributed by atoms with Crippen molar-refractivity contribution in [1.82, 2.24) is 0 Å². The average Bonchev–Trinajstić information content (AvgIpc) is 2.82. The van der Waals surface area contributed by atoms with Gasteiger partial charge in [0.2, 0.25) is 0 Å². The van der Waals surface area contributed by atoms with Crippen LogP contribution in [0.25, 0.3) is 0 Å². The number of ether oxygens (including phenoxy) is 1. The van der Waals surface area contributed by atoms with Crippen molar-refractivity contribution in [2.75, 3.05) is 13.2 Å². The lowest BCUT2D eigenvalue weighted by Gasteiger charge is -2.51. The number of allylic oxidation sites excluding steroid dienone is 2. The Kier molecular flexibility index (Phi) is 2.30. The molecule has 1 heteroatoms. The molecule has 0 unspecified atom stereocenters. The van der Waals surface area contributed by atoms with E-state index in [1.165, 1.54) is 36.8 Å². The summed E-state index contributed by atoms with van der Waals surface area (Å²) in [7, 11) is 0. The van der Waals surface area contributed by atoms with Crippen LogP contribution in [0.1, 0.15) is 41.5 Å². The Morgan fingerprint density at radius 1 is 1.00 bits per heavy atom. The SMILES string of the molecule is Cc1ccc(C)c2c1CC[C@@]13CC=CC[C@]21COC3. The molecule has 0 N–H and O–H groups in total. The zero-order chi connectivity index (χ0) is 13.1. The lowest BCUT2D eigenvalue weighted by Crippen LogP contribution is -2.50. The van der Waals surface area contributed by atoms with Crippen LogP contribution in [0, 0.1) is 19.3 Å². The number of fused-ring (bicyclic) bond motifs is 1. The Morgan fingerprint density at radius 2 is 1.79 bits per heavy atom. The summed E-state index contributed by atoms with van der Waals surface area (Å²) in [5, 5.41) is 0. The Bertz CT molecular complexity index is 571. The molecule has 0 bridgehead atoms. The topological polar surface area (TPSA) is 9.23 Å². The quantitative estimate of drug-likeness (QED) is 0.639. The first kappa shape index (κ1) is 11.7. The first-order valence-corrected chi connectivity index (χ1v) is 7.51. The summed E-state index contributed by atoms with van der Waals surface area (Å²) >= 11 is 0. The molecule has 2 atom stereocenters. The lowest BCUT2D eigenvalue weighted by molar-refractivity contribution is 0.125. The van der Waals surface area contributed by atoms with Crippen LogP contribution in [0.3, 0.4) is 0 Å². The maximum atomic E-state index is 6.03. The highest BCUT2D eigenvalue weighted by molar-refractivity contribution is 5.50. The summed E-state index contributed by atoms with van der Waals surface area (Å²) in [5.74, 6) is 0. The van der Waals surface area contributed by atoms with E-state index in [1.807, 2.05) is 0 Å². The molecule has 0 aromatic heterocycles. The van der Waals surface area contributed by atoms with E-state index in [-0.39, 0.29) is 5.41 Å². The van der Waals surface area contributed by atoms with Gasteiger partial charge < -0.3 is 4.74 Å². The second-order valence-electron chi connectivity index (χ2n) is 6.79. The number of hydrogen-bond acceptors (Lipinski definition) is 1. The van der Waals surface area contributed by atoms with Crippen molar-refractivity contribution in [1.29, 1.82) is 0 Å². The molecule has 0 amide bonds. The van der Waals surface area contributed by atoms with E-state index in [4.69, 9.17) is 4.74 Å². The molecule has 19 heavy (non-hydrogen) atoms. The number of benzene rings is 1. The number of aryl methyl sites for hydroxylation is 2. The molecule has 0 spiro atoms. The standard InChI is InChI=1S/C18H22O/c1-13-5-6-14(2)16-15(13)7-10-17-8-3-4-9-18(16,17)12-19-11-17/h3-6H,7-12H2,1-2H3/t17-,18+/m1/s1. The summed E-state index contributed by atoms with van der Waals surface area (Å²) in [5.41, 5.74) is 6.87. The summed E-state index contributed by atoms with van der Waals surface area (Å²) in [6.07, 6.45) is 9.70. The molecule has 0 radical (unpaired) electrons. The second kappa shape index (κ2) is 3.73. The van der Waals surface area contributed by atoms with Crippen molar-refractivity contribution in [2.24, 2.45) is 5.41 Å². The molecule has 3 aliphatic rings. The molecule has 1 saturated heterocycles. The van der Waals surface area contributed by atoms with Crippen LogP contribution in [0.2, 0.25) is 0 Å². The van der Waals surface area contributed by atoms with Gasteiger partial charge in [-0.3, -0.25) is 0 Å². The molecule has 1 nitrogen and oxygen atoms in total. The molecule has 1 heterocycles. The maximum Gasteiger partial charge on any atom is 0.0572 e. The van der Waals surface area contributed by atoms with E-state index in [2.05, 4.69) is 38.1 Å². The van der Waals surface area contributed by atoms with Gasteiger partial charge in [0, 0.05) is 10.8 Å². The Morgan fingerprint density at radius 3 is 2.68 bits per heavy atom. The van der Waals surface area contributed by atoms with E-state index in [9.17, 15) is 0 Å². The molecule has 1 aromatic carbocycles. The Labute approximate surface area is 115 Å². The third kappa shape index (κ3) is 1.30. The van der Waals surface area contributed by atoms with Crippen molar-refractivity contribution in [3.8, 4) is 0 Å². The Hall–Kier alpha value is -1.08. The van der Waals surface area contributed by atoms with Crippen LogP contribution in [0.4, 0.5) is 0 Å². The van der Waals surface area contributed by atoms with Crippen LogP contribution in [0.5, 0.6) is 0 Å². The highest BCUT2D eigenvalue weighted by atomic mass is 16.5. The van der Waals surface area contributed by atoms with E-state index in [0.717, 1.165) is 13.2 Å². The van der Waals surface area contributed by atoms with Crippen molar-refractivity contribution in [3.05, 3.63) is 46.5 Å². The van der Waals surface area contributed by atoms with Gasteiger partial charge in [0.25, 0.3) is 0 Å². The van der Waals surface area contributed by atoms with Gasteiger partial charge in [-0.15, -0.1) is 0 Å². The molecule has 1 fully saturated rings. The molecular weight excluding hydrogens is 232 g/mol. The van der Waals surface area contributed by atoms with Gasteiger partial charge in [0.15, 0.2) is 0 Å². The zero-order valence-electron chi connectivity index (χ0n) is 12.0. The van der Waals surface area contributed by atoms with E-state index in [1.54, 1.807) is 11.1 Å². The molecule has 0 saturated carbocycles. The summed E-state index contributed by atoms with van der Waals surface area (Å²) in [4.78, 5) is 0. The van der Waals surface area contributed by atoms with Gasteiger partial charge in [0.1, 0.15) is 0 Å². The summed E-state index contributed by atoms with van der Waals surface area (Å²) in [6, 6.07) is 4.61. The largest absolute Gasteiger partial charge is 0.380 e. The Balaban J connectivity index is 2.03. The zero-order valence-corrected chi connectivity index (χ0v) is 12.0. The van der Waals surface area contributed by atoms with Gasteiger partial charge in [0.05, 0.1) is 13.2 Å². The van der Waals surface area contributed by atoms with Crippen LogP contribution in [-0.2, 0) is 16.6 Å². The van der Waals surface area contributed by atoms with Crippen molar-refractivity contribution in [2.45, 2.75) is 44.9 Å². The van der Waals surface area contributed by atoms with Crippen molar-refractivity contribution in [3.63, 3.8) is 0 Å². The lowest BCUT2D eigenvalue weighted by atomic mass is 9.50. The van der Waals surface area contributed by atoms with Gasteiger partial charge in [-0.05, 0) is 61.8 Å². The third-order valence-electron chi connectivity index (χ3n) is 5.97. The highest BCUT2D eigenvalue weighted by Gasteiger charge is 2.59. The van der Waals surface area contributed by atoms with Crippen molar-refractivity contribution < 1.29 is 4.74 Å². The van der Waals surface area contributed by atoms with Gasteiger partial charge in [-0.25, -0.2) is 0 Å². The average molecular weight is 254 g/mol. The summed E-state index contributed by atoms with van der Waals surface area (Å²) < 4.78 is 6.03. The smallest absolute Gasteiger partial charge is 0.0572 e. The number of rotatable bonds is 0. The van der Waals surface area contributed by atoms with Crippen molar-refractivity contribution >= 4 is 0 Å². The minimum Gasteiger partial charge on any atom is -0.380 e. The first-order chi connectivity index (χ1) is 9.19. The van der Waals surface area contributed by atoms with Crippen LogP contribution in [0.15, 0.2) is 24.3 Å². The predicted molar refractivity (Wildman–Crippen MR) is 77.5 cm³/mol. The second-order valence-corrected chi connectivity index (χ2v) is 6.79. The molecule has 2 aliphatic carbocycles. The maximum absolute atomic E-state index is 6.03. The fourth-order valence-electron chi connectivity index (χ4n) is 4.91. The highest BCUT2D eigenvalue weighted by Crippen LogP contribution is 2.60. The molecular formula is C18H22O. The fourth-order valence-corrected chi connectivity index (χ4v) is 4.91. The predicted octanol–water partition coefficient (Wildman–Crippen LogP) is 3.85. The normalized spacial score (nSPS) is 35.7. The molecule has 4 rings (SSSR count). The number of hydrogen-bond donors (Lipinski definition) is 0. The minimum absolute atomic E-state index is 0.269. The first-order valence-electron chi connectivity index (χ1n) is 7.51. The van der Waals surface area contributed by atoms with Crippen LogP contribution in [-0.4, -0.2) is 13.2 Å². The van der Waals surface area contributed by atoms with E-state index < -0.39 is 0 Å². The van der Waals surface area contributed by atoms with Gasteiger partial charge in [-0.1, -0.05) is 24.3 Å². The van der Waals surface area contributed by atoms with Crippen LogP contribution >= 0.6 is 0 Å². The summed E-state index contributed by atoms with van der Waals surface area (Å²) in [6.45, 7) is 6.45. The molecule has 100 valence electrons. The minimum atomic E-state index is 0.269. The monoisotopic (exact) mass is 254 g/mol. The third-order valence-corrected chi connectivity index (χ3v) is 5.97. The fraction of sp³-hybridized carbons (Fsp3) is 0.556. The van der Waals surface area contributed by atoms with Crippen LogP contribution < -0.4 is 0 Å². The van der Waals surface area contributed by atoms with Gasteiger partial charge in [-0.2, -0.15) is 0 Å². The van der Waals surface area contributed by atoms with Gasteiger partial charge >= 0.3 is 0 Å². The van der Waals surface area contributed by atoms with E-state index >= 15 is 0 Å².